The summed E-state index contributed by atoms with van der Waals surface area (Å²) in [7, 11) is 0. The Balaban J connectivity index is 2.07. The van der Waals surface area contributed by atoms with Crippen molar-refractivity contribution < 1.29 is 4.42 Å². The Labute approximate surface area is 113 Å². The molecule has 92 valence electrons. The molecule has 5 heteroatoms. The first-order valence-electron chi connectivity index (χ1n) is 5.49. The van der Waals surface area contributed by atoms with Crippen molar-refractivity contribution in [2.75, 3.05) is 0 Å². The van der Waals surface area contributed by atoms with Crippen molar-refractivity contribution in [3.8, 4) is 0 Å². The number of nitrogens with zero attached hydrogens (tertiary/aromatic N) is 1. The summed E-state index contributed by atoms with van der Waals surface area (Å²) in [5.74, 6) is 0.736. The van der Waals surface area contributed by atoms with Gasteiger partial charge in [-0.1, -0.05) is 11.6 Å². The molecule has 0 fully saturated rings. The monoisotopic (exact) mass is 278 g/mol. The van der Waals surface area contributed by atoms with Gasteiger partial charge in [0.2, 0.25) is 0 Å². The molecule has 1 atom stereocenters. The van der Waals surface area contributed by atoms with Crippen LogP contribution in [0.3, 0.4) is 0 Å². The summed E-state index contributed by atoms with van der Waals surface area (Å²) in [4.78, 5) is 5.23. The molecule has 3 nitrogen and oxygen atoms in total. The molecule has 0 saturated heterocycles. The van der Waals surface area contributed by atoms with Gasteiger partial charge < -0.3 is 10.2 Å². The first-order chi connectivity index (χ1) is 8.65. The Morgan fingerprint density at radius 2 is 2.22 bits per heavy atom. The zero-order valence-corrected chi connectivity index (χ0v) is 11.3. The maximum Gasteiger partial charge on any atom is 0.134 e. The molecule has 2 heterocycles. The number of hydrogen-bond donors (Lipinski definition) is 1. The van der Waals surface area contributed by atoms with Gasteiger partial charge >= 0.3 is 0 Å². The van der Waals surface area contributed by atoms with E-state index >= 15 is 0 Å². The number of furan rings is 1. The van der Waals surface area contributed by atoms with Crippen LogP contribution in [0.25, 0.3) is 11.0 Å². The first kappa shape index (κ1) is 11.7. The lowest BCUT2D eigenvalue weighted by atomic mass is 10.1. The molecular weight excluding hydrogens is 268 g/mol. The van der Waals surface area contributed by atoms with Crippen LogP contribution in [0, 0.1) is 6.92 Å². The lowest BCUT2D eigenvalue weighted by Gasteiger charge is -2.06. The quantitative estimate of drug-likeness (QED) is 0.773. The number of nitrogens with two attached hydrogens (primary N) is 1. The number of aryl methyl sites for hydroxylation is 1. The maximum absolute atomic E-state index is 6.21. The van der Waals surface area contributed by atoms with Gasteiger partial charge in [-0.3, -0.25) is 0 Å². The van der Waals surface area contributed by atoms with Crippen LogP contribution in [0.1, 0.15) is 22.4 Å². The molecule has 0 spiro atoms. The maximum atomic E-state index is 6.21. The van der Waals surface area contributed by atoms with Crippen LogP contribution in [0.2, 0.25) is 5.02 Å². The van der Waals surface area contributed by atoms with Crippen LogP contribution >= 0.6 is 22.9 Å². The minimum Gasteiger partial charge on any atom is -0.459 e. The summed E-state index contributed by atoms with van der Waals surface area (Å²) < 4.78 is 5.76. The van der Waals surface area contributed by atoms with E-state index in [2.05, 4.69) is 4.98 Å². The van der Waals surface area contributed by atoms with Crippen molar-refractivity contribution in [1.29, 1.82) is 0 Å². The third kappa shape index (κ3) is 1.92. The van der Waals surface area contributed by atoms with Gasteiger partial charge in [0.1, 0.15) is 11.3 Å². The number of benzene rings is 1. The third-order valence-corrected chi connectivity index (χ3v) is 4.12. The van der Waals surface area contributed by atoms with E-state index in [0.717, 1.165) is 27.3 Å². The fourth-order valence-corrected chi connectivity index (χ4v) is 2.92. The summed E-state index contributed by atoms with van der Waals surface area (Å²) in [5, 5.41) is 1.66. The van der Waals surface area contributed by atoms with Crippen molar-refractivity contribution >= 4 is 33.9 Å². The molecule has 0 amide bonds. The lowest BCUT2D eigenvalue weighted by Crippen LogP contribution is -2.10. The first-order valence-corrected chi connectivity index (χ1v) is 6.75. The van der Waals surface area contributed by atoms with E-state index in [4.69, 9.17) is 21.8 Å². The van der Waals surface area contributed by atoms with Gasteiger partial charge in [0.05, 0.1) is 22.1 Å². The van der Waals surface area contributed by atoms with Gasteiger partial charge in [0, 0.05) is 10.4 Å². The highest BCUT2D eigenvalue weighted by molar-refractivity contribution is 7.09. The van der Waals surface area contributed by atoms with Crippen LogP contribution in [0.5, 0.6) is 0 Å². The number of fused-ring (bicyclic) bond motifs is 1. The molecule has 3 rings (SSSR count). The smallest absolute Gasteiger partial charge is 0.134 e. The van der Waals surface area contributed by atoms with Crippen molar-refractivity contribution in [2.24, 2.45) is 5.73 Å². The summed E-state index contributed by atoms with van der Waals surface area (Å²) >= 11 is 7.49. The Hall–Kier alpha value is -1.36. The van der Waals surface area contributed by atoms with Crippen LogP contribution in [0.15, 0.2) is 34.2 Å². The second-order valence-corrected chi connectivity index (χ2v) is 5.43. The third-order valence-electron chi connectivity index (χ3n) is 2.87. The van der Waals surface area contributed by atoms with E-state index in [1.807, 2.05) is 25.1 Å². The Kier molecular flexibility index (Phi) is 2.86. The molecule has 0 aliphatic heterocycles. The minimum absolute atomic E-state index is 0.274. The molecule has 1 unspecified atom stereocenters. The molecular formula is C13H11ClN2OS. The predicted molar refractivity (Wildman–Crippen MR) is 74.1 cm³/mol. The standard InChI is InChI=1S/C13H11ClN2OS/c1-7-13(18-6-16-7)12(15)11-5-8-4-9(14)2-3-10(8)17-11/h2-6,12H,15H2,1H3. The van der Waals surface area contributed by atoms with Crippen LogP contribution in [-0.4, -0.2) is 4.98 Å². The number of aromatic nitrogens is 1. The zero-order chi connectivity index (χ0) is 12.7. The van der Waals surface area contributed by atoms with Crippen molar-refractivity contribution in [2.45, 2.75) is 13.0 Å². The lowest BCUT2D eigenvalue weighted by molar-refractivity contribution is 0.527. The molecule has 2 N–H and O–H groups in total. The number of rotatable bonds is 2. The molecule has 0 aliphatic carbocycles. The van der Waals surface area contributed by atoms with Crippen LogP contribution in [-0.2, 0) is 0 Å². The van der Waals surface area contributed by atoms with Crippen molar-refractivity contribution in [3.63, 3.8) is 0 Å². The molecule has 0 radical (unpaired) electrons. The number of halogens is 1. The summed E-state index contributed by atoms with van der Waals surface area (Å²) in [6, 6.07) is 7.19. The molecule has 18 heavy (non-hydrogen) atoms. The van der Waals surface area contributed by atoms with E-state index in [1.54, 1.807) is 22.9 Å². The molecule has 3 aromatic rings. The molecule has 0 aliphatic rings. The summed E-state index contributed by atoms with van der Waals surface area (Å²) in [5.41, 5.74) is 9.75. The minimum atomic E-state index is -0.274. The second kappa shape index (κ2) is 4.39. The van der Waals surface area contributed by atoms with Crippen molar-refractivity contribution in [1.82, 2.24) is 4.98 Å². The van der Waals surface area contributed by atoms with Gasteiger partial charge in [0.15, 0.2) is 0 Å². The van der Waals surface area contributed by atoms with Crippen LogP contribution in [0.4, 0.5) is 0 Å². The molecule has 2 aromatic heterocycles. The fraction of sp³-hybridized carbons (Fsp3) is 0.154. The van der Waals surface area contributed by atoms with Gasteiger partial charge in [-0.25, -0.2) is 4.98 Å². The highest BCUT2D eigenvalue weighted by Crippen LogP contribution is 2.31. The van der Waals surface area contributed by atoms with Gasteiger partial charge in [-0.2, -0.15) is 0 Å². The van der Waals surface area contributed by atoms with Crippen LogP contribution < -0.4 is 5.73 Å². The number of hydrogen-bond acceptors (Lipinski definition) is 4. The van der Waals surface area contributed by atoms with E-state index in [1.165, 1.54) is 0 Å². The normalized spacial score (nSPS) is 13.1. The van der Waals surface area contributed by atoms with E-state index in [0.29, 0.717) is 5.02 Å². The average molecular weight is 279 g/mol. The molecule has 1 aromatic carbocycles. The Bertz CT molecular complexity index is 704. The largest absolute Gasteiger partial charge is 0.459 e. The van der Waals surface area contributed by atoms with Crippen molar-refractivity contribution in [3.05, 3.63) is 51.1 Å². The fourth-order valence-electron chi connectivity index (χ4n) is 1.93. The molecule has 0 saturated carbocycles. The highest BCUT2D eigenvalue weighted by Gasteiger charge is 2.18. The second-order valence-electron chi connectivity index (χ2n) is 4.11. The van der Waals surface area contributed by atoms with Gasteiger partial charge in [-0.05, 0) is 31.2 Å². The molecule has 0 bridgehead atoms. The van der Waals surface area contributed by atoms with E-state index in [-0.39, 0.29) is 6.04 Å². The zero-order valence-electron chi connectivity index (χ0n) is 9.68. The predicted octanol–water partition coefficient (Wildman–Crippen LogP) is 3.90. The summed E-state index contributed by atoms with van der Waals surface area (Å²) in [6.45, 7) is 1.95. The number of thiazole rings is 1. The van der Waals surface area contributed by atoms with E-state index < -0.39 is 0 Å². The topological polar surface area (TPSA) is 52.0 Å². The highest BCUT2D eigenvalue weighted by atomic mass is 35.5. The summed E-state index contributed by atoms with van der Waals surface area (Å²) in [6.07, 6.45) is 0. The Morgan fingerprint density at radius 1 is 1.39 bits per heavy atom. The SMILES string of the molecule is Cc1ncsc1C(N)c1cc2cc(Cl)ccc2o1. The van der Waals surface area contributed by atoms with E-state index in [9.17, 15) is 0 Å². The van der Waals surface area contributed by atoms with Gasteiger partial charge in [0.25, 0.3) is 0 Å². The van der Waals surface area contributed by atoms with Gasteiger partial charge in [-0.15, -0.1) is 11.3 Å². The Morgan fingerprint density at radius 3 is 2.94 bits per heavy atom. The average Bonchev–Trinajstić information content (AvgIpc) is 2.93.